The summed E-state index contributed by atoms with van der Waals surface area (Å²) in [4.78, 5) is 0. The van der Waals surface area contributed by atoms with Crippen LogP contribution in [0.2, 0.25) is 0 Å². The highest BCUT2D eigenvalue weighted by atomic mass is 15.0. The molecule has 0 aromatic rings. The van der Waals surface area contributed by atoms with E-state index < -0.39 is 0 Å². The molecule has 1 saturated heterocycles. The molecule has 50 valence electrons. The Morgan fingerprint density at radius 2 is 2.44 bits per heavy atom. The highest BCUT2D eigenvalue weighted by molar-refractivity contribution is 5.10. The molecule has 1 heteroatoms. The number of nitrogens with one attached hydrogen (secondary N) is 1. The van der Waals surface area contributed by atoms with Crippen molar-refractivity contribution in [3.8, 4) is 0 Å². The van der Waals surface area contributed by atoms with E-state index in [1.165, 1.54) is 12.8 Å². The van der Waals surface area contributed by atoms with E-state index in [0.717, 1.165) is 18.0 Å². The van der Waals surface area contributed by atoms with Gasteiger partial charge in [-0.25, -0.2) is 0 Å². The molecule has 0 radical (unpaired) electrons. The van der Waals surface area contributed by atoms with E-state index in [2.05, 4.69) is 24.4 Å². The minimum atomic E-state index is 0.742. The van der Waals surface area contributed by atoms with Crippen molar-refractivity contribution in [2.75, 3.05) is 0 Å². The third kappa shape index (κ3) is 0.715. The predicted octanol–water partition coefficient (Wildman–Crippen LogP) is 1.31. The molecule has 0 aromatic heterocycles. The molecule has 1 N–H and O–H groups in total. The van der Waals surface area contributed by atoms with E-state index in [1.54, 1.807) is 0 Å². The van der Waals surface area contributed by atoms with Gasteiger partial charge in [0.1, 0.15) is 0 Å². The molecule has 2 unspecified atom stereocenters. The predicted molar refractivity (Wildman–Crippen MR) is 38.2 cm³/mol. The van der Waals surface area contributed by atoms with Gasteiger partial charge < -0.3 is 5.32 Å². The van der Waals surface area contributed by atoms with Crippen LogP contribution >= 0.6 is 0 Å². The SMILES string of the molecule is CC1N[C@H]2CCC=CC12. The normalized spacial score (nSPS) is 47.9. The Morgan fingerprint density at radius 3 is 3.00 bits per heavy atom. The summed E-state index contributed by atoms with van der Waals surface area (Å²) in [6.07, 6.45) is 7.32. The van der Waals surface area contributed by atoms with Gasteiger partial charge in [-0.3, -0.25) is 0 Å². The lowest BCUT2D eigenvalue weighted by Crippen LogP contribution is -2.59. The number of rotatable bonds is 0. The molecule has 0 saturated carbocycles. The zero-order valence-corrected chi connectivity index (χ0v) is 5.80. The molecule has 0 amide bonds. The van der Waals surface area contributed by atoms with Gasteiger partial charge in [-0.2, -0.15) is 0 Å². The lowest BCUT2D eigenvalue weighted by atomic mass is 9.78. The zero-order chi connectivity index (χ0) is 6.27. The van der Waals surface area contributed by atoms with Gasteiger partial charge in [-0.05, 0) is 19.8 Å². The lowest BCUT2D eigenvalue weighted by Gasteiger charge is -2.45. The van der Waals surface area contributed by atoms with E-state index in [1.807, 2.05) is 0 Å². The first-order valence-corrected chi connectivity index (χ1v) is 3.80. The molecule has 0 aromatic carbocycles. The van der Waals surface area contributed by atoms with Crippen molar-refractivity contribution in [2.24, 2.45) is 5.92 Å². The second-order valence-corrected chi connectivity index (χ2v) is 3.14. The summed E-state index contributed by atoms with van der Waals surface area (Å²) >= 11 is 0. The number of hydrogen-bond donors (Lipinski definition) is 1. The van der Waals surface area contributed by atoms with Crippen molar-refractivity contribution >= 4 is 0 Å². The van der Waals surface area contributed by atoms with E-state index in [9.17, 15) is 0 Å². The van der Waals surface area contributed by atoms with Crippen molar-refractivity contribution in [2.45, 2.75) is 31.8 Å². The first kappa shape index (κ1) is 5.48. The van der Waals surface area contributed by atoms with Crippen LogP contribution in [0.5, 0.6) is 0 Å². The maximum absolute atomic E-state index is 3.49. The van der Waals surface area contributed by atoms with Crippen molar-refractivity contribution in [3.05, 3.63) is 12.2 Å². The van der Waals surface area contributed by atoms with Gasteiger partial charge in [0, 0.05) is 18.0 Å². The molecule has 1 nitrogen and oxygen atoms in total. The molecule has 1 heterocycles. The van der Waals surface area contributed by atoms with Crippen LogP contribution in [0.15, 0.2) is 12.2 Å². The Kier molecular flexibility index (Phi) is 1.12. The standard InChI is InChI=1S/C8H13N/c1-6-7-4-2-3-5-8(7)9-6/h2,4,6-9H,3,5H2,1H3/t6?,7?,8-/m0/s1. The molecule has 2 rings (SSSR count). The Balaban J connectivity index is 2.07. The fourth-order valence-corrected chi connectivity index (χ4v) is 1.90. The van der Waals surface area contributed by atoms with Crippen molar-refractivity contribution in [1.82, 2.24) is 5.32 Å². The fraction of sp³-hybridized carbons (Fsp3) is 0.750. The number of allylic oxidation sites excluding steroid dienone is 1. The van der Waals surface area contributed by atoms with Gasteiger partial charge in [-0.1, -0.05) is 12.2 Å². The highest BCUT2D eigenvalue weighted by Crippen LogP contribution is 2.29. The summed E-state index contributed by atoms with van der Waals surface area (Å²) in [7, 11) is 0. The first-order valence-electron chi connectivity index (χ1n) is 3.80. The Bertz CT molecular complexity index is 140. The third-order valence-corrected chi connectivity index (χ3v) is 2.52. The quantitative estimate of drug-likeness (QED) is 0.479. The van der Waals surface area contributed by atoms with Gasteiger partial charge >= 0.3 is 0 Å². The first-order chi connectivity index (χ1) is 4.38. The topological polar surface area (TPSA) is 12.0 Å². The third-order valence-electron chi connectivity index (χ3n) is 2.52. The molecular formula is C8H13N. The average molecular weight is 123 g/mol. The van der Waals surface area contributed by atoms with Crippen LogP contribution in [0, 0.1) is 5.92 Å². The summed E-state index contributed by atoms with van der Waals surface area (Å²) in [5, 5.41) is 3.49. The monoisotopic (exact) mass is 123 g/mol. The molecule has 1 aliphatic carbocycles. The van der Waals surface area contributed by atoms with Crippen LogP contribution < -0.4 is 5.32 Å². The van der Waals surface area contributed by atoms with E-state index in [0.29, 0.717) is 0 Å². The van der Waals surface area contributed by atoms with Crippen molar-refractivity contribution < 1.29 is 0 Å². The Morgan fingerprint density at radius 1 is 1.56 bits per heavy atom. The van der Waals surface area contributed by atoms with Crippen LogP contribution in [-0.2, 0) is 0 Å². The summed E-state index contributed by atoms with van der Waals surface area (Å²) in [5.41, 5.74) is 0. The summed E-state index contributed by atoms with van der Waals surface area (Å²) < 4.78 is 0. The van der Waals surface area contributed by atoms with Gasteiger partial charge in [0.25, 0.3) is 0 Å². The minimum Gasteiger partial charge on any atom is -0.310 e. The molecule has 2 aliphatic rings. The number of fused-ring (bicyclic) bond motifs is 1. The van der Waals surface area contributed by atoms with Crippen LogP contribution in [0.4, 0.5) is 0 Å². The van der Waals surface area contributed by atoms with Crippen LogP contribution in [0.25, 0.3) is 0 Å². The molecule has 0 spiro atoms. The summed E-state index contributed by atoms with van der Waals surface area (Å²) in [6, 6.07) is 1.57. The maximum Gasteiger partial charge on any atom is 0.0150 e. The van der Waals surface area contributed by atoms with Gasteiger partial charge in [0.05, 0.1) is 0 Å². The molecular weight excluding hydrogens is 110 g/mol. The molecule has 1 aliphatic heterocycles. The molecule has 0 bridgehead atoms. The van der Waals surface area contributed by atoms with Gasteiger partial charge in [0.15, 0.2) is 0 Å². The largest absolute Gasteiger partial charge is 0.310 e. The summed E-state index contributed by atoms with van der Waals surface area (Å²) in [6.45, 7) is 2.26. The summed E-state index contributed by atoms with van der Waals surface area (Å²) in [5.74, 6) is 0.860. The smallest absolute Gasteiger partial charge is 0.0150 e. The minimum absolute atomic E-state index is 0.742. The van der Waals surface area contributed by atoms with Crippen LogP contribution in [0.3, 0.4) is 0 Å². The van der Waals surface area contributed by atoms with E-state index in [-0.39, 0.29) is 0 Å². The second kappa shape index (κ2) is 1.84. The van der Waals surface area contributed by atoms with Crippen LogP contribution in [0.1, 0.15) is 19.8 Å². The van der Waals surface area contributed by atoms with Crippen molar-refractivity contribution in [3.63, 3.8) is 0 Å². The molecule has 3 atom stereocenters. The highest BCUT2D eigenvalue weighted by Gasteiger charge is 2.35. The molecule has 1 fully saturated rings. The van der Waals surface area contributed by atoms with Gasteiger partial charge in [-0.15, -0.1) is 0 Å². The molecule has 9 heavy (non-hydrogen) atoms. The maximum atomic E-state index is 3.49. The Hall–Kier alpha value is -0.300. The Labute approximate surface area is 56.1 Å². The van der Waals surface area contributed by atoms with E-state index in [4.69, 9.17) is 0 Å². The zero-order valence-electron chi connectivity index (χ0n) is 5.80. The average Bonchev–Trinajstić information content (AvgIpc) is 1.86. The van der Waals surface area contributed by atoms with Crippen LogP contribution in [-0.4, -0.2) is 12.1 Å². The number of hydrogen-bond acceptors (Lipinski definition) is 1. The fourth-order valence-electron chi connectivity index (χ4n) is 1.90. The lowest BCUT2D eigenvalue weighted by molar-refractivity contribution is 0.183. The van der Waals surface area contributed by atoms with Crippen molar-refractivity contribution in [1.29, 1.82) is 0 Å². The van der Waals surface area contributed by atoms with Gasteiger partial charge in [0.2, 0.25) is 0 Å². The van der Waals surface area contributed by atoms with E-state index >= 15 is 0 Å². The second-order valence-electron chi connectivity index (χ2n) is 3.14.